The number of hydrogen-bond donors (Lipinski definition) is 0. The highest BCUT2D eigenvalue weighted by molar-refractivity contribution is 5.79. The zero-order chi connectivity index (χ0) is 24.8. The van der Waals surface area contributed by atoms with E-state index in [2.05, 4.69) is 80.6 Å². The number of aryl methyl sites for hydroxylation is 2. The van der Waals surface area contributed by atoms with Gasteiger partial charge in [0.05, 0.1) is 32.4 Å². The Morgan fingerprint density at radius 2 is 1.61 bits per heavy atom. The van der Waals surface area contributed by atoms with Crippen molar-refractivity contribution in [2.45, 2.75) is 38.3 Å². The molecular formula is C31H31NO4. The highest BCUT2D eigenvalue weighted by Crippen LogP contribution is 2.45. The summed E-state index contributed by atoms with van der Waals surface area (Å²) >= 11 is 0. The summed E-state index contributed by atoms with van der Waals surface area (Å²) in [5.41, 5.74) is 9.59. The molecule has 5 heteroatoms. The standard InChI is InChI=1S/C31H31NO4/c1-19-12-21(13-20(2)30(19)34-3)22-14-23-16-35-17-24(15-22)32(23)31(33)36-18-29-27-10-6-4-8-25(27)26-9-5-7-11-28(26)29/h4-14,23-24,29H,15-18H2,1-3H3. The smallest absolute Gasteiger partial charge is 0.410 e. The molecule has 0 aromatic heterocycles. The summed E-state index contributed by atoms with van der Waals surface area (Å²) < 4.78 is 17.4. The van der Waals surface area contributed by atoms with Gasteiger partial charge in [-0.2, -0.15) is 0 Å². The van der Waals surface area contributed by atoms with Crippen LogP contribution in [0.1, 0.15) is 40.2 Å². The second-order valence-electron chi connectivity index (χ2n) is 10.0. The molecule has 2 aliphatic heterocycles. The highest BCUT2D eigenvalue weighted by atomic mass is 16.6. The number of amides is 1. The van der Waals surface area contributed by atoms with Gasteiger partial charge >= 0.3 is 6.09 Å². The summed E-state index contributed by atoms with van der Waals surface area (Å²) in [6.45, 7) is 5.48. The number of nitrogens with zero attached hydrogens (tertiary/aromatic N) is 1. The van der Waals surface area contributed by atoms with E-state index in [1.807, 2.05) is 4.90 Å². The number of benzene rings is 3. The predicted octanol–water partition coefficient (Wildman–Crippen LogP) is 6.12. The lowest BCUT2D eigenvalue weighted by Gasteiger charge is -2.44. The summed E-state index contributed by atoms with van der Waals surface area (Å²) in [6, 6.07) is 21.0. The molecule has 3 aromatic rings. The maximum Gasteiger partial charge on any atom is 0.410 e. The molecule has 2 heterocycles. The molecule has 36 heavy (non-hydrogen) atoms. The van der Waals surface area contributed by atoms with Crippen molar-refractivity contribution >= 4 is 11.7 Å². The highest BCUT2D eigenvalue weighted by Gasteiger charge is 2.40. The van der Waals surface area contributed by atoms with E-state index < -0.39 is 0 Å². The van der Waals surface area contributed by atoms with Gasteiger partial charge in [0.15, 0.2) is 0 Å². The number of hydrogen-bond acceptors (Lipinski definition) is 4. The fourth-order valence-corrected chi connectivity index (χ4v) is 6.22. The molecule has 184 valence electrons. The van der Waals surface area contributed by atoms with Crippen LogP contribution in [0.15, 0.2) is 66.7 Å². The van der Waals surface area contributed by atoms with Gasteiger partial charge in [0.25, 0.3) is 0 Å². The third-order valence-corrected chi connectivity index (χ3v) is 7.78. The van der Waals surface area contributed by atoms with Crippen molar-refractivity contribution in [1.29, 1.82) is 0 Å². The average molecular weight is 482 g/mol. The maximum absolute atomic E-state index is 13.4. The van der Waals surface area contributed by atoms with Gasteiger partial charge in [0.1, 0.15) is 12.4 Å². The second-order valence-corrected chi connectivity index (χ2v) is 10.0. The lowest BCUT2D eigenvalue weighted by Crippen LogP contribution is -2.56. The van der Waals surface area contributed by atoms with Crippen molar-refractivity contribution in [1.82, 2.24) is 4.90 Å². The molecule has 1 aliphatic carbocycles. The van der Waals surface area contributed by atoms with Crippen molar-refractivity contribution in [2.24, 2.45) is 0 Å². The van der Waals surface area contributed by atoms with Crippen LogP contribution >= 0.6 is 0 Å². The minimum Gasteiger partial charge on any atom is -0.496 e. The number of methoxy groups -OCH3 is 1. The molecule has 0 N–H and O–H groups in total. The molecule has 3 aromatic carbocycles. The number of rotatable bonds is 4. The van der Waals surface area contributed by atoms with E-state index in [1.54, 1.807) is 7.11 Å². The Kier molecular flexibility index (Phi) is 5.81. The summed E-state index contributed by atoms with van der Waals surface area (Å²) in [6.07, 6.45) is 2.66. The largest absolute Gasteiger partial charge is 0.496 e. The number of carbonyl (C=O) groups is 1. The Bertz CT molecular complexity index is 1290. The predicted molar refractivity (Wildman–Crippen MR) is 140 cm³/mol. The van der Waals surface area contributed by atoms with Crippen molar-refractivity contribution in [3.63, 3.8) is 0 Å². The van der Waals surface area contributed by atoms with Crippen molar-refractivity contribution in [3.8, 4) is 16.9 Å². The van der Waals surface area contributed by atoms with Crippen LogP contribution in [-0.2, 0) is 9.47 Å². The molecule has 0 spiro atoms. The summed E-state index contributed by atoms with van der Waals surface area (Å²) in [7, 11) is 1.71. The third-order valence-electron chi connectivity index (χ3n) is 7.78. The molecule has 5 nitrogen and oxygen atoms in total. The molecule has 1 amide bonds. The van der Waals surface area contributed by atoms with Gasteiger partial charge in [0.2, 0.25) is 0 Å². The van der Waals surface area contributed by atoms with Crippen molar-refractivity contribution < 1.29 is 19.0 Å². The van der Waals surface area contributed by atoms with E-state index in [-0.39, 0.29) is 24.1 Å². The SMILES string of the molecule is COc1c(C)cc(C2=CC3COCC(C2)N3C(=O)OCC2c3ccccc3-c3ccccc32)cc1C. The van der Waals surface area contributed by atoms with Gasteiger partial charge in [-0.25, -0.2) is 4.79 Å². The summed E-state index contributed by atoms with van der Waals surface area (Å²) in [5.74, 6) is 0.984. The lowest BCUT2D eigenvalue weighted by atomic mass is 9.88. The Balaban J connectivity index is 1.22. The molecule has 0 radical (unpaired) electrons. The number of morpholine rings is 1. The Morgan fingerprint density at radius 1 is 0.972 bits per heavy atom. The van der Waals surface area contributed by atoms with Crippen LogP contribution in [0.3, 0.4) is 0 Å². The van der Waals surface area contributed by atoms with Crippen LogP contribution < -0.4 is 4.74 Å². The normalized spacial score (nSPS) is 20.4. The molecule has 6 rings (SSSR count). The minimum absolute atomic E-state index is 0.0397. The first-order valence-corrected chi connectivity index (χ1v) is 12.6. The van der Waals surface area contributed by atoms with Gasteiger partial charge in [-0.3, -0.25) is 4.90 Å². The molecule has 1 saturated heterocycles. The van der Waals surface area contributed by atoms with Crippen molar-refractivity contribution in [3.05, 3.63) is 94.6 Å². The van der Waals surface area contributed by atoms with Gasteiger partial charge in [-0.1, -0.05) is 54.6 Å². The monoisotopic (exact) mass is 481 g/mol. The van der Waals surface area contributed by atoms with Crippen LogP contribution in [-0.4, -0.2) is 50.0 Å². The fraction of sp³-hybridized carbons (Fsp3) is 0.323. The molecule has 3 aliphatic rings. The number of fused-ring (bicyclic) bond motifs is 5. The van der Waals surface area contributed by atoms with E-state index in [0.717, 1.165) is 23.3 Å². The number of carbonyl (C=O) groups excluding carboxylic acids is 1. The van der Waals surface area contributed by atoms with E-state index >= 15 is 0 Å². The van der Waals surface area contributed by atoms with E-state index in [0.29, 0.717) is 19.8 Å². The first-order chi connectivity index (χ1) is 17.5. The maximum atomic E-state index is 13.4. The minimum atomic E-state index is -0.257. The Labute approximate surface area is 212 Å². The Morgan fingerprint density at radius 3 is 2.22 bits per heavy atom. The second kappa shape index (κ2) is 9.14. The molecule has 2 unspecified atom stereocenters. The molecular weight excluding hydrogens is 450 g/mol. The van der Waals surface area contributed by atoms with Crippen LogP contribution in [0.25, 0.3) is 16.7 Å². The van der Waals surface area contributed by atoms with Gasteiger partial charge in [-0.15, -0.1) is 0 Å². The van der Waals surface area contributed by atoms with E-state index in [1.165, 1.54) is 33.4 Å². The molecule has 2 atom stereocenters. The average Bonchev–Trinajstić information content (AvgIpc) is 3.20. The summed E-state index contributed by atoms with van der Waals surface area (Å²) in [4.78, 5) is 15.3. The first-order valence-electron chi connectivity index (χ1n) is 12.6. The van der Waals surface area contributed by atoms with Gasteiger partial charge in [0, 0.05) is 5.92 Å². The van der Waals surface area contributed by atoms with Crippen LogP contribution in [0, 0.1) is 13.8 Å². The third kappa shape index (κ3) is 3.79. The van der Waals surface area contributed by atoms with Crippen LogP contribution in [0.2, 0.25) is 0 Å². The lowest BCUT2D eigenvalue weighted by molar-refractivity contribution is -0.0331. The topological polar surface area (TPSA) is 48.0 Å². The van der Waals surface area contributed by atoms with E-state index in [4.69, 9.17) is 14.2 Å². The van der Waals surface area contributed by atoms with Crippen LogP contribution in [0.4, 0.5) is 4.79 Å². The van der Waals surface area contributed by atoms with Gasteiger partial charge in [-0.05, 0) is 76.9 Å². The van der Waals surface area contributed by atoms with Gasteiger partial charge < -0.3 is 14.2 Å². The van der Waals surface area contributed by atoms with E-state index in [9.17, 15) is 4.79 Å². The Hall–Kier alpha value is -3.57. The van der Waals surface area contributed by atoms with Crippen LogP contribution in [0.5, 0.6) is 5.75 Å². The molecule has 1 fully saturated rings. The zero-order valence-electron chi connectivity index (χ0n) is 21.0. The molecule has 0 saturated carbocycles. The molecule has 2 bridgehead atoms. The first kappa shape index (κ1) is 22.9. The number of ether oxygens (including phenoxy) is 3. The fourth-order valence-electron chi connectivity index (χ4n) is 6.22. The summed E-state index contributed by atoms with van der Waals surface area (Å²) in [5, 5.41) is 0. The zero-order valence-corrected chi connectivity index (χ0v) is 21.0. The van der Waals surface area contributed by atoms with Crippen molar-refractivity contribution in [2.75, 3.05) is 26.9 Å². The quantitative estimate of drug-likeness (QED) is 0.451.